The van der Waals surface area contributed by atoms with Crippen molar-refractivity contribution in [2.75, 3.05) is 18.1 Å². The maximum absolute atomic E-state index is 11.7. The van der Waals surface area contributed by atoms with Crippen LogP contribution in [0.5, 0.6) is 0 Å². The zero-order chi connectivity index (χ0) is 15.5. The van der Waals surface area contributed by atoms with Gasteiger partial charge in [-0.25, -0.2) is 13.1 Å². The third-order valence-electron chi connectivity index (χ3n) is 3.03. The average molecular weight is 326 g/mol. The highest BCUT2D eigenvalue weighted by atomic mass is 35.5. The Bertz CT molecular complexity index is 748. The van der Waals surface area contributed by atoms with E-state index in [0.29, 0.717) is 22.9 Å². The van der Waals surface area contributed by atoms with Gasteiger partial charge in [0, 0.05) is 11.6 Å². The standard InChI is InChI=1S/C14H16ClN3O2S/c1-17-21(19,20)11-6-7-14(13(16)8-11)18-9-10-4-2-3-5-12(10)15/h2-8,17-18H,9,16H2,1H3. The number of nitrogen functional groups attached to an aromatic ring is 1. The molecular weight excluding hydrogens is 310 g/mol. The fraction of sp³-hybridized carbons (Fsp3) is 0.143. The van der Waals surface area contributed by atoms with Gasteiger partial charge in [-0.15, -0.1) is 0 Å². The van der Waals surface area contributed by atoms with Gasteiger partial charge in [0.05, 0.1) is 16.3 Å². The summed E-state index contributed by atoms with van der Waals surface area (Å²) < 4.78 is 25.6. The number of nitrogens with one attached hydrogen (secondary N) is 2. The van der Waals surface area contributed by atoms with Gasteiger partial charge in [0.25, 0.3) is 0 Å². The van der Waals surface area contributed by atoms with Gasteiger partial charge >= 0.3 is 0 Å². The molecule has 0 aliphatic heterocycles. The number of halogens is 1. The second-order valence-corrected chi connectivity index (χ2v) is 6.70. The molecule has 0 unspecified atom stereocenters. The van der Waals surface area contributed by atoms with Crippen LogP contribution in [-0.2, 0) is 16.6 Å². The number of benzene rings is 2. The van der Waals surface area contributed by atoms with Crippen LogP contribution in [0.1, 0.15) is 5.56 Å². The maximum Gasteiger partial charge on any atom is 0.240 e. The number of nitrogens with two attached hydrogens (primary N) is 1. The molecule has 0 amide bonds. The summed E-state index contributed by atoms with van der Waals surface area (Å²) in [5.41, 5.74) is 7.84. The topological polar surface area (TPSA) is 84.2 Å². The van der Waals surface area contributed by atoms with Crippen molar-refractivity contribution in [2.24, 2.45) is 0 Å². The first-order chi connectivity index (χ1) is 9.94. The molecule has 2 aromatic carbocycles. The molecule has 2 aromatic rings. The zero-order valence-corrected chi connectivity index (χ0v) is 13.0. The minimum Gasteiger partial charge on any atom is -0.397 e. The van der Waals surface area contributed by atoms with Gasteiger partial charge in [0.15, 0.2) is 0 Å². The number of sulfonamides is 1. The quantitative estimate of drug-likeness (QED) is 0.737. The second kappa shape index (κ2) is 6.34. The van der Waals surface area contributed by atoms with E-state index >= 15 is 0 Å². The highest BCUT2D eigenvalue weighted by Crippen LogP contribution is 2.24. The Labute approximate surface area is 129 Å². The molecule has 5 nitrogen and oxygen atoms in total. The molecule has 0 aliphatic rings. The fourth-order valence-electron chi connectivity index (χ4n) is 1.82. The molecule has 0 bridgehead atoms. The molecule has 7 heteroatoms. The number of hydrogen-bond donors (Lipinski definition) is 3. The molecule has 0 atom stereocenters. The summed E-state index contributed by atoms with van der Waals surface area (Å²) >= 11 is 6.08. The predicted molar refractivity (Wildman–Crippen MR) is 85.9 cm³/mol. The molecule has 0 aliphatic carbocycles. The van der Waals surface area contributed by atoms with Crippen LogP contribution < -0.4 is 15.8 Å². The monoisotopic (exact) mass is 325 g/mol. The molecule has 2 rings (SSSR count). The van der Waals surface area contributed by atoms with Crippen molar-refractivity contribution in [2.45, 2.75) is 11.4 Å². The Morgan fingerprint density at radius 1 is 1.19 bits per heavy atom. The average Bonchev–Trinajstić information content (AvgIpc) is 2.47. The van der Waals surface area contributed by atoms with E-state index < -0.39 is 10.0 Å². The summed E-state index contributed by atoms with van der Waals surface area (Å²) in [6.45, 7) is 0.502. The van der Waals surface area contributed by atoms with E-state index in [4.69, 9.17) is 17.3 Å². The van der Waals surface area contributed by atoms with E-state index in [9.17, 15) is 8.42 Å². The van der Waals surface area contributed by atoms with Gasteiger partial charge in [-0.2, -0.15) is 0 Å². The third kappa shape index (κ3) is 3.66. The van der Waals surface area contributed by atoms with Crippen molar-refractivity contribution < 1.29 is 8.42 Å². The highest BCUT2D eigenvalue weighted by Gasteiger charge is 2.12. The molecule has 112 valence electrons. The summed E-state index contributed by atoms with van der Waals surface area (Å²) in [6.07, 6.45) is 0. The summed E-state index contributed by atoms with van der Waals surface area (Å²) in [7, 11) is -2.13. The highest BCUT2D eigenvalue weighted by molar-refractivity contribution is 7.89. The minimum atomic E-state index is -3.49. The lowest BCUT2D eigenvalue weighted by molar-refractivity contribution is 0.588. The van der Waals surface area contributed by atoms with Crippen molar-refractivity contribution in [3.63, 3.8) is 0 Å². The van der Waals surface area contributed by atoms with Crippen LogP contribution in [0, 0.1) is 0 Å². The maximum atomic E-state index is 11.7. The summed E-state index contributed by atoms with van der Waals surface area (Å²) in [6, 6.07) is 12.0. The van der Waals surface area contributed by atoms with E-state index in [1.165, 1.54) is 19.2 Å². The molecule has 0 aromatic heterocycles. The Balaban J connectivity index is 2.17. The Morgan fingerprint density at radius 2 is 1.90 bits per heavy atom. The van der Waals surface area contributed by atoms with E-state index in [2.05, 4.69) is 10.0 Å². The van der Waals surface area contributed by atoms with Crippen LogP contribution in [0.2, 0.25) is 5.02 Å². The predicted octanol–water partition coefficient (Wildman–Crippen LogP) is 2.44. The van der Waals surface area contributed by atoms with Crippen LogP contribution in [0.3, 0.4) is 0 Å². The Kier molecular flexibility index (Phi) is 4.72. The zero-order valence-electron chi connectivity index (χ0n) is 11.4. The Morgan fingerprint density at radius 3 is 2.52 bits per heavy atom. The number of hydrogen-bond acceptors (Lipinski definition) is 4. The first-order valence-electron chi connectivity index (χ1n) is 6.24. The summed E-state index contributed by atoms with van der Waals surface area (Å²) in [5, 5.41) is 3.81. The van der Waals surface area contributed by atoms with E-state index in [1.54, 1.807) is 6.07 Å². The molecule has 0 saturated heterocycles. The van der Waals surface area contributed by atoms with Crippen molar-refractivity contribution >= 4 is 33.0 Å². The number of rotatable bonds is 5. The van der Waals surface area contributed by atoms with Crippen LogP contribution >= 0.6 is 11.6 Å². The van der Waals surface area contributed by atoms with Crippen molar-refractivity contribution in [1.29, 1.82) is 0 Å². The molecule has 4 N–H and O–H groups in total. The molecular formula is C14H16ClN3O2S. The van der Waals surface area contributed by atoms with Crippen LogP contribution in [0.15, 0.2) is 47.4 Å². The van der Waals surface area contributed by atoms with E-state index in [0.717, 1.165) is 5.56 Å². The minimum absolute atomic E-state index is 0.130. The lowest BCUT2D eigenvalue weighted by atomic mass is 10.2. The Hall–Kier alpha value is -1.76. The lowest BCUT2D eigenvalue weighted by Crippen LogP contribution is -2.18. The van der Waals surface area contributed by atoms with Gasteiger partial charge in [0.2, 0.25) is 10.0 Å². The fourth-order valence-corrected chi connectivity index (χ4v) is 2.79. The van der Waals surface area contributed by atoms with E-state index in [-0.39, 0.29) is 4.90 Å². The molecule has 0 saturated carbocycles. The summed E-state index contributed by atoms with van der Waals surface area (Å²) in [4.78, 5) is 0.130. The van der Waals surface area contributed by atoms with Crippen molar-refractivity contribution in [1.82, 2.24) is 4.72 Å². The largest absolute Gasteiger partial charge is 0.397 e. The molecule has 0 heterocycles. The van der Waals surface area contributed by atoms with Crippen LogP contribution in [0.25, 0.3) is 0 Å². The first kappa shape index (κ1) is 15.6. The normalized spacial score (nSPS) is 11.3. The van der Waals surface area contributed by atoms with Gasteiger partial charge in [0.1, 0.15) is 0 Å². The van der Waals surface area contributed by atoms with Crippen molar-refractivity contribution in [3.8, 4) is 0 Å². The number of anilines is 2. The third-order valence-corrected chi connectivity index (χ3v) is 4.81. The SMILES string of the molecule is CNS(=O)(=O)c1ccc(NCc2ccccc2Cl)c(N)c1. The lowest BCUT2D eigenvalue weighted by Gasteiger charge is -2.12. The van der Waals surface area contributed by atoms with Gasteiger partial charge in [-0.1, -0.05) is 29.8 Å². The van der Waals surface area contributed by atoms with Crippen LogP contribution in [0.4, 0.5) is 11.4 Å². The molecule has 21 heavy (non-hydrogen) atoms. The van der Waals surface area contributed by atoms with Gasteiger partial charge in [-0.05, 0) is 36.9 Å². The first-order valence-corrected chi connectivity index (χ1v) is 8.10. The van der Waals surface area contributed by atoms with Crippen molar-refractivity contribution in [3.05, 3.63) is 53.1 Å². The smallest absolute Gasteiger partial charge is 0.240 e. The van der Waals surface area contributed by atoms with Crippen LogP contribution in [-0.4, -0.2) is 15.5 Å². The van der Waals surface area contributed by atoms with E-state index in [1.807, 2.05) is 24.3 Å². The molecule has 0 spiro atoms. The summed E-state index contributed by atoms with van der Waals surface area (Å²) in [5.74, 6) is 0. The van der Waals surface area contributed by atoms with Gasteiger partial charge in [-0.3, -0.25) is 0 Å². The van der Waals surface area contributed by atoms with Gasteiger partial charge < -0.3 is 11.1 Å². The second-order valence-electron chi connectivity index (χ2n) is 4.40. The molecule has 0 fully saturated rings. The molecule has 0 radical (unpaired) electrons.